The van der Waals surface area contributed by atoms with E-state index in [1.54, 1.807) is 0 Å². The molecule has 7 heteroatoms. The molecule has 28 heavy (non-hydrogen) atoms. The molecule has 0 atom stereocenters. The molecule has 2 aromatic rings. The quantitative estimate of drug-likeness (QED) is 0.835. The van der Waals surface area contributed by atoms with Crippen LogP contribution in [0, 0.1) is 6.92 Å². The van der Waals surface area contributed by atoms with Crippen LogP contribution in [0.2, 0.25) is 0 Å². The van der Waals surface area contributed by atoms with Crippen molar-refractivity contribution in [3.8, 4) is 0 Å². The fourth-order valence-electron chi connectivity index (χ4n) is 4.47. The minimum atomic E-state index is -0.959. The van der Waals surface area contributed by atoms with Crippen molar-refractivity contribution in [2.45, 2.75) is 51.5 Å². The molecule has 0 saturated carbocycles. The number of carboxylic acids is 1. The van der Waals surface area contributed by atoms with Crippen molar-refractivity contribution in [1.82, 2.24) is 4.98 Å². The zero-order valence-corrected chi connectivity index (χ0v) is 16.6. The average molecular weight is 388 g/mol. The third-order valence-electron chi connectivity index (χ3n) is 6.00. The predicted molar refractivity (Wildman–Crippen MR) is 105 cm³/mol. The number of hydrogen-bond donors (Lipinski definition) is 1. The van der Waals surface area contributed by atoms with Crippen molar-refractivity contribution in [2.24, 2.45) is 0 Å². The maximum Gasteiger partial charge on any atom is 0.338 e. The fraction of sp³-hybridized carbons (Fsp3) is 0.619. The summed E-state index contributed by atoms with van der Waals surface area (Å²) in [6, 6.07) is 2.32. The van der Waals surface area contributed by atoms with Crippen LogP contribution < -0.4 is 4.90 Å². The molecular formula is C21H28N2O5. The maximum atomic E-state index is 12.1. The highest BCUT2D eigenvalue weighted by atomic mass is 16.5. The molecule has 0 aliphatic carbocycles. The molecule has 3 heterocycles. The molecule has 2 aliphatic heterocycles. The second kappa shape index (κ2) is 8.09. The van der Waals surface area contributed by atoms with E-state index in [1.165, 1.54) is 0 Å². The molecule has 7 nitrogen and oxygen atoms in total. The number of carbonyl (C=O) groups is 1. The Labute approximate surface area is 164 Å². The molecule has 2 saturated heterocycles. The summed E-state index contributed by atoms with van der Waals surface area (Å²) < 4.78 is 17.0. The Bertz CT molecular complexity index is 850. The number of oxazole rings is 1. The molecule has 0 amide bonds. The van der Waals surface area contributed by atoms with Gasteiger partial charge in [-0.25, -0.2) is 9.78 Å². The summed E-state index contributed by atoms with van der Waals surface area (Å²) in [4.78, 5) is 19.0. The minimum Gasteiger partial charge on any atom is -0.478 e. The lowest BCUT2D eigenvalue weighted by atomic mass is 10.00. The van der Waals surface area contributed by atoms with Crippen molar-refractivity contribution in [3.63, 3.8) is 0 Å². The number of carboxylic acid groups (broad SMARTS) is 1. The molecule has 1 aromatic carbocycles. The number of aromatic carboxylic acids is 1. The third kappa shape index (κ3) is 3.49. The average Bonchev–Trinajstić information content (AvgIpc) is 3.13. The number of benzene rings is 1. The van der Waals surface area contributed by atoms with E-state index in [1.807, 2.05) is 13.0 Å². The first-order valence-electron chi connectivity index (χ1n) is 10.2. The van der Waals surface area contributed by atoms with E-state index in [2.05, 4.69) is 16.8 Å². The van der Waals surface area contributed by atoms with Gasteiger partial charge in [0, 0.05) is 56.7 Å². The topological polar surface area (TPSA) is 85.0 Å². The van der Waals surface area contributed by atoms with Gasteiger partial charge in [0.15, 0.2) is 11.5 Å². The van der Waals surface area contributed by atoms with Gasteiger partial charge in [0.25, 0.3) is 0 Å². The highest BCUT2D eigenvalue weighted by molar-refractivity contribution is 6.04. The van der Waals surface area contributed by atoms with Crippen LogP contribution in [-0.2, 0) is 9.47 Å². The van der Waals surface area contributed by atoms with E-state index in [9.17, 15) is 9.90 Å². The van der Waals surface area contributed by atoms with E-state index >= 15 is 0 Å². The fourth-order valence-corrected chi connectivity index (χ4v) is 4.47. The molecule has 152 valence electrons. The van der Waals surface area contributed by atoms with Crippen LogP contribution in [0.15, 0.2) is 10.5 Å². The molecule has 0 unspecified atom stereocenters. The maximum absolute atomic E-state index is 12.1. The van der Waals surface area contributed by atoms with E-state index in [-0.39, 0.29) is 11.5 Å². The standard InChI is InChI=1S/C21H28N2O5/c1-3-23(15-6-10-27-11-7-15)16-12-17-19(18(13(16)2)21(24)25)22-20(28-17)14-4-8-26-9-5-14/h12,14-15H,3-11H2,1-2H3,(H,24,25). The van der Waals surface area contributed by atoms with Gasteiger partial charge in [0.2, 0.25) is 0 Å². The van der Waals surface area contributed by atoms with Crippen molar-refractivity contribution in [3.05, 3.63) is 23.1 Å². The van der Waals surface area contributed by atoms with Crippen molar-refractivity contribution in [1.29, 1.82) is 0 Å². The number of ether oxygens (including phenoxy) is 2. The van der Waals surface area contributed by atoms with Gasteiger partial charge < -0.3 is 23.9 Å². The molecule has 1 N–H and O–H groups in total. The van der Waals surface area contributed by atoms with E-state index < -0.39 is 5.97 Å². The molecule has 0 bridgehead atoms. The van der Waals surface area contributed by atoms with Gasteiger partial charge in [0.05, 0.1) is 5.56 Å². The second-order valence-corrected chi connectivity index (χ2v) is 7.62. The third-order valence-corrected chi connectivity index (χ3v) is 6.00. The van der Waals surface area contributed by atoms with Gasteiger partial charge in [-0.1, -0.05) is 0 Å². The SMILES string of the molecule is CCN(c1cc2oc(C3CCOCC3)nc2c(C(=O)O)c1C)C1CCOCC1. The summed E-state index contributed by atoms with van der Waals surface area (Å²) in [5.74, 6) is -0.144. The Hall–Kier alpha value is -2.12. The van der Waals surface area contributed by atoms with Gasteiger partial charge in [-0.2, -0.15) is 0 Å². The highest BCUT2D eigenvalue weighted by Gasteiger charge is 2.29. The van der Waals surface area contributed by atoms with Crippen LogP contribution in [-0.4, -0.2) is 55.1 Å². The van der Waals surface area contributed by atoms with Crippen molar-refractivity contribution in [2.75, 3.05) is 37.9 Å². The summed E-state index contributed by atoms with van der Waals surface area (Å²) in [6.45, 7) is 7.64. The van der Waals surface area contributed by atoms with Crippen LogP contribution in [0.1, 0.15) is 60.3 Å². The predicted octanol–water partition coefficient (Wildman–Crippen LogP) is 3.73. The van der Waals surface area contributed by atoms with Crippen LogP contribution in [0.25, 0.3) is 11.1 Å². The highest BCUT2D eigenvalue weighted by Crippen LogP contribution is 2.36. The number of nitrogens with zero attached hydrogens (tertiary/aromatic N) is 2. The number of aromatic nitrogens is 1. The summed E-state index contributed by atoms with van der Waals surface area (Å²) in [5.41, 5.74) is 2.94. The van der Waals surface area contributed by atoms with Gasteiger partial charge in [-0.15, -0.1) is 0 Å². The van der Waals surface area contributed by atoms with E-state index in [4.69, 9.17) is 13.9 Å². The Morgan fingerprint density at radius 2 is 1.82 bits per heavy atom. The Morgan fingerprint density at radius 1 is 1.18 bits per heavy atom. The van der Waals surface area contributed by atoms with Crippen LogP contribution in [0.5, 0.6) is 0 Å². The molecular weight excluding hydrogens is 360 g/mol. The van der Waals surface area contributed by atoms with Crippen LogP contribution in [0.3, 0.4) is 0 Å². The summed E-state index contributed by atoms with van der Waals surface area (Å²) in [5, 5.41) is 9.93. The first-order chi connectivity index (χ1) is 13.6. The Morgan fingerprint density at radius 3 is 2.43 bits per heavy atom. The molecule has 2 fully saturated rings. The normalized spacial score (nSPS) is 19.2. The van der Waals surface area contributed by atoms with Gasteiger partial charge in [0.1, 0.15) is 5.52 Å². The molecule has 4 rings (SSSR count). The van der Waals surface area contributed by atoms with Crippen LogP contribution in [0.4, 0.5) is 5.69 Å². The number of rotatable bonds is 5. The molecule has 0 radical (unpaired) electrons. The largest absolute Gasteiger partial charge is 0.478 e. The lowest BCUT2D eigenvalue weighted by molar-refractivity contribution is 0.0697. The first-order valence-corrected chi connectivity index (χ1v) is 10.2. The Kier molecular flexibility index (Phi) is 5.55. The summed E-state index contributed by atoms with van der Waals surface area (Å²) in [7, 11) is 0. The first kappa shape index (κ1) is 19.2. The number of fused-ring (bicyclic) bond motifs is 1. The van der Waals surface area contributed by atoms with Gasteiger partial charge >= 0.3 is 5.97 Å². The summed E-state index contributed by atoms with van der Waals surface area (Å²) >= 11 is 0. The van der Waals surface area contributed by atoms with Gasteiger partial charge in [-0.3, -0.25) is 0 Å². The smallest absolute Gasteiger partial charge is 0.338 e. The van der Waals surface area contributed by atoms with E-state index in [0.29, 0.717) is 36.2 Å². The zero-order valence-electron chi connectivity index (χ0n) is 16.6. The summed E-state index contributed by atoms with van der Waals surface area (Å²) in [6.07, 6.45) is 3.59. The lowest BCUT2D eigenvalue weighted by Crippen LogP contribution is -2.40. The molecule has 0 spiro atoms. The zero-order chi connectivity index (χ0) is 19.7. The second-order valence-electron chi connectivity index (χ2n) is 7.62. The lowest BCUT2D eigenvalue weighted by Gasteiger charge is -2.36. The number of anilines is 1. The molecule has 1 aromatic heterocycles. The van der Waals surface area contributed by atoms with Crippen molar-refractivity contribution >= 4 is 22.8 Å². The monoisotopic (exact) mass is 388 g/mol. The van der Waals surface area contributed by atoms with Crippen molar-refractivity contribution < 1.29 is 23.8 Å². The molecule has 2 aliphatic rings. The minimum absolute atomic E-state index is 0.185. The number of hydrogen-bond acceptors (Lipinski definition) is 6. The van der Waals surface area contributed by atoms with E-state index in [0.717, 1.165) is 56.7 Å². The van der Waals surface area contributed by atoms with Crippen LogP contribution >= 0.6 is 0 Å². The Balaban J connectivity index is 1.80. The van der Waals surface area contributed by atoms with Gasteiger partial charge in [-0.05, 0) is 45.1 Å².